The molecule has 0 aromatic carbocycles. The van der Waals surface area contributed by atoms with Gasteiger partial charge in [-0.05, 0) is 49.5 Å². The summed E-state index contributed by atoms with van der Waals surface area (Å²) in [5, 5.41) is 16.8. The molecule has 51 heavy (non-hydrogen) atoms. The second-order valence-corrected chi connectivity index (χ2v) is 12.7. The van der Waals surface area contributed by atoms with Crippen molar-refractivity contribution in [1.82, 2.24) is 34.0 Å². The molecular weight excluding hydrogens is 718 g/mol. The first kappa shape index (κ1) is 36.1. The summed E-state index contributed by atoms with van der Waals surface area (Å²) in [5.74, 6) is -1.21. The zero-order valence-corrected chi connectivity index (χ0v) is 28.9. The van der Waals surface area contributed by atoms with E-state index in [1.807, 2.05) is 6.08 Å². The van der Waals surface area contributed by atoms with Crippen molar-refractivity contribution < 1.29 is 32.6 Å². The Balaban J connectivity index is 1.35. The third kappa shape index (κ3) is 7.23. The number of nitrogens with zero attached hydrogens (tertiary/aromatic N) is 8. The van der Waals surface area contributed by atoms with Gasteiger partial charge >= 0.3 is 6.18 Å². The van der Waals surface area contributed by atoms with Gasteiger partial charge in [-0.2, -0.15) is 22.7 Å². The number of piperazine rings is 1. The van der Waals surface area contributed by atoms with Gasteiger partial charge in [-0.3, -0.25) is 14.4 Å². The van der Waals surface area contributed by atoms with Gasteiger partial charge in [0.2, 0.25) is 11.7 Å². The van der Waals surface area contributed by atoms with Crippen LogP contribution in [0.5, 0.6) is 5.75 Å². The fraction of sp³-hybridized carbons (Fsp3) is 0.406. The third-order valence-corrected chi connectivity index (χ3v) is 9.41. The number of nitrogens with one attached hydrogen (secondary N) is 1. The molecule has 4 aromatic rings. The molecule has 270 valence electrons. The molecule has 2 amide bonds. The Hall–Kier alpha value is -4.74. The van der Waals surface area contributed by atoms with Crippen LogP contribution >= 0.6 is 23.2 Å². The van der Waals surface area contributed by atoms with Crippen molar-refractivity contribution in [3.8, 4) is 5.75 Å². The number of carbonyl (C=O) groups is 2. The Bertz CT molecular complexity index is 2100. The molecule has 4 aromatic heterocycles. The fourth-order valence-electron chi connectivity index (χ4n) is 6.18. The highest BCUT2D eigenvalue weighted by Crippen LogP contribution is 2.32. The number of hydrogen-bond acceptors (Lipinski definition) is 10. The van der Waals surface area contributed by atoms with Crippen LogP contribution in [0.25, 0.3) is 11.4 Å². The SMILES string of the molecule is CCc1c(N2CCN(C(=O)c3nccc(Cl)c3O)CC2)c(=O)n2nc(C3=CCC(OC)CC3)nc2n1CC(=O)Nc1ccc(C(F)(F)F)nc1Cl. The van der Waals surface area contributed by atoms with E-state index < -0.39 is 46.7 Å². The summed E-state index contributed by atoms with van der Waals surface area (Å²) in [5.41, 5.74) is -0.499. The second kappa shape index (κ2) is 14.5. The van der Waals surface area contributed by atoms with Gasteiger partial charge in [0.1, 0.15) is 17.9 Å². The summed E-state index contributed by atoms with van der Waals surface area (Å²) < 4.78 is 47.6. The van der Waals surface area contributed by atoms with Gasteiger partial charge < -0.3 is 29.5 Å². The van der Waals surface area contributed by atoms with Gasteiger partial charge in [0.05, 0.1) is 22.5 Å². The first-order valence-electron chi connectivity index (χ1n) is 16.0. The zero-order valence-electron chi connectivity index (χ0n) is 27.4. The van der Waals surface area contributed by atoms with E-state index in [9.17, 15) is 32.7 Å². The molecular formula is C32H32Cl2F3N9O5. The van der Waals surface area contributed by atoms with Crippen LogP contribution in [0.15, 0.2) is 35.3 Å². The molecule has 1 saturated heterocycles. The number of rotatable bonds is 8. The number of anilines is 2. The number of amides is 2. The number of pyridine rings is 2. The smallest absolute Gasteiger partial charge is 0.433 e. The lowest BCUT2D eigenvalue weighted by Gasteiger charge is -2.36. The minimum absolute atomic E-state index is 0.0102. The topological polar surface area (TPSA) is 160 Å². The van der Waals surface area contributed by atoms with Gasteiger partial charge in [0.25, 0.3) is 11.5 Å². The molecule has 1 atom stereocenters. The highest BCUT2D eigenvalue weighted by atomic mass is 35.5. The first-order valence-corrected chi connectivity index (χ1v) is 16.7. The van der Waals surface area contributed by atoms with Gasteiger partial charge in [-0.1, -0.05) is 36.2 Å². The molecule has 1 aliphatic carbocycles. The molecule has 19 heteroatoms. The lowest BCUT2D eigenvalue weighted by molar-refractivity contribution is -0.141. The van der Waals surface area contributed by atoms with E-state index >= 15 is 0 Å². The van der Waals surface area contributed by atoms with Crippen LogP contribution in [0.2, 0.25) is 10.2 Å². The summed E-state index contributed by atoms with van der Waals surface area (Å²) in [7, 11) is 1.64. The summed E-state index contributed by atoms with van der Waals surface area (Å²) >= 11 is 12.0. The summed E-state index contributed by atoms with van der Waals surface area (Å²) in [4.78, 5) is 56.2. The number of halogens is 5. The maximum atomic E-state index is 14.2. The van der Waals surface area contributed by atoms with Crippen molar-refractivity contribution in [3.63, 3.8) is 0 Å². The van der Waals surface area contributed by atoms with E-state index in [0.717, 1.165) is 22.6 Å². The van der Waals surface area contributed by atoms with E-state index in [2.05, 4.69) is 20.4 Å². The molecule has 1 fully saturated rings. The van der Waals surface area contributed by atoms with Crippen LogP contribution in [0.1, 0.15) is 53.9 Å². The molecule has 14 nitrogen and oxygen atoms in total. The number of fused-ring (bicyclic) bond motifs is 1. The van der Waals surface area contributed by atoms with Crippen molar-refractivity contribution in [1.29, 1.82) is 0 Å². The molecule has 6 rings (SSSR count). The zero-order chi connectivity index (χ0) is 36.6. The van der Waals surface area contributed by atoms with Crippen LogP contribution in [0.4, 0.5) is 24.5 Å². The minimum Gasteiger partial charge on any atom is -0.504 e. The first-order chi connectivity index (χ1) is 24.3. The number of alkyl halides is 3. The van der Waals surface area contributed by atoms with E-state index in [1.165, 1.54) is 17.2 Å². The number of ether oxygens (including phenoxy) is 1. The summed E-state index contributed by atoms with van der Waals surface area (Å²) in [6, 6.07) is 3.09. The standard InChI is InChI=1S/C32H32Cl2F3N9O5/c1-3-21-25(43-12-14-44(15-13-43)29(49)24-26(48)19(33)10-11-38-24)30(50)46-31(41-28(42-46)17-4-6-18(51-2)7-5-17)45(21)16-23(47)39-20-8-9-22(32(35,36)37)40-27(20)34/h4,8-11,18,48H,3,5-7,12-16H2,1-2H3,(H,39,47). The number of aromatic hydroxyl groups is 1. The van der Waals surface area contributed by atoms with Gasteiger partial charge in [-0.15, -0.1) is 5.10 Å². The monoisotopic (exact) mass is 749 g/mol. The Morgan fingerprint density at radius 2 is 1.86 bits per heavy atom. The number of hydrogen-bond donors (Lipinski definition) is 2. The van der Waals surface area contributed by atoms with Crippen LogP contribution < -0.4 is 15.8 Å². The molecule has 0 saturated carbocycles. The van der Waals surface area contributed by atoms with Gasteiger partial charge in [0, 0.05) is 39.5 Å². The number of allylic oxidation sites excluding steroid dienone is 1. The second-order valence-electron chi connectivity index (χ2n) is 11.9. The molecule has 2 N–H and O–H groups in total. The normalized spacial score (nSPS) is 16.8. The highest BCUT2D eigenvalue weighted by molar-refractivity contribution is 6.32. The van der Waals surface area contributed by atoms with Gasteiger partial charge in [-0.25, -0.2) is 9.97 Å². The number of aromatic nitrogens is 6. The molecule has 1 aliphatic heterocycles. The van der Waals surface area contributed by atoms with Gasteiger partial charge in [0.15, 0.2) is 22.4 Å². The third-order valence-electron chi connectivity index (χ3n) is 8.82. The van der Waals surface area contributed by atoms with E-state index in [0.29, 0.717) is 30.4 Å². The minimum atomic E-state index is -4.73. The average Bonchev–Trinajstić information content (AvgIpc) is 3.57. The molecule has 0 radical (unpaired) electrons. The number of methoxy groups -OCH3 is 1. The van der Waals surface area contributed by atoms with Crippen LogP contribution in [-0.4, -0.2) is 90.3 Å². The number of carbonyl (C=O) groups excluding carboxylic acids is 2. The van der Waals surface area contributed by atoms with Crippen molar-refractivity contribution >= 4 is 57.7 Å². The Morgan fingerprint density at radius 3 is 2.49 bits per heavy atom. The summed E-state index contributed by atoms with van der Waals surface area (Å²) in [6.07, 6.45) is 0.829. The maximum absolute atomic E-state index is 14.2. The highest BCUT2D eigenvalue weighted by Gasteiger charge is 2.34. The Morgan fingerprint density at radius 1 is 1.12 bits per heavy atom. The lowest BCUT2D eigenvalue weighted by atomic mass is 9.97. The predicted octanol–water partition coefficient (Wildman–Crippen LogP) is 4.46. The molecule has 5 heterocycles. The van der Waals surface area contributed by atoms with Crippen molar-refractivity contribution in [2.24, 2.45) is 0 Å². The van der Waals surface area contributed by atoms with Crippen molar-refractivity contribution in [3.05, 3.63) is 73.9 Å². The average molecular weight is 751 g/mol. The Kier molecular flexibility index (Phi) is 10.2. The van der Waals surface area contributed by atoms with E-state index in [4.69, 9.17) is 32.9 Å². The lowest BCUT2D eigenvalue weighted by Crippen LogP contribution is -2.51. The summed E-state index contributed by atoms with van der Waals surface area (Å²) in [6.45, 7) is 2.17. The molecule has 0 spiro atoms. The molecule has 1 unspecified atom stereocenters. The van der Waals surface area contributed by atoms with Crippen LogP contribution in [0, 0.1) is 0 Å². The van der Waals surface area contributed by atoms with Crippen molar-refractivity contribution in [2.75, 3.05) is 43.5 Å². The van der Waals surface area contributed by atoms with Crippen LogP contribution in [0.3, 0.4) is 0 Å². The quantitative estimate of drug-likeness (QED) is 0.246. The van der Waals surface area contributed by atoms with E-state index in [1.54, 1.807) is 23.5 Å². The van der Waals surface area contributed by atoms with E-state index in [-0.39, 0.29) is 66.6 Å². The Labute approximate surface area is 298 Å². The van der Waals surface area contributed by atoms with Crippen molar-refractivity contribution in [2.45, 2.75) is 51.4 Å². The maximum Gasteiger partial charge on any atom is 0.433 e. The molecule has 2 aliphatic rings. The largest absolute Gasteiger partial charge is 0.504 e. The molecule has 0 bridgehead atoms. The predicted molar refractivity (Wildman–Crippen MR) is 181 cm³/mol. The van der Waals surface area contributed by atoms with Crippen LogP contribution in [-0.2, 0) is 28.7 Å². The fourth-order valence-corrected chi connectivity index (χ4v) is 6.53.